The van der Waals surface area contributed by atoms with Crippen molar-refractivity contribution in [2.45, 2.75) is 80.4 Å². The van der Waals surface area contributed by atoms with Crippen molar-refractivity contribution in [3.05, 3.63) is 58.7 Å². The molecule has 0 amide bonds. The number of nitrogens with zero attached hydrogens (tertiary/aromatic N) is 2. The summed E-state index contributed by atoms with van der Waals surface area (Å²) in [5.74, 6) is 0.506. The Kier molecular flexibility index (Phi) is 8.94. The average molecular weight is 505 g/mol. The van der Waals surface area contributed by atoms with E-state index in [2.05, 4.69) is 34.1 Å². The average Bonchev–Trinajstić information content (AvgIpc) is 2.92. The van der Waals surface area contributed by atoms with Crippen molar-refractivity contribution in [2.24, 2.45) is 0 Å². The molecule has 0 bridgehead atoms. The Morgan fingerprint density at radius 3 is 1.53 bits per heavy atom. The molecule has 0 saturated carbocycles. The van der Waals surface area contributed by atoms with E-state index < -0.39 is 0 Å². The van der Waals surface area contributed by atoms with Crippen LogP contribution in [0.4, 0.5) is 0 Å². The molecule has 0 aliphatic carbocycles. The molecule has 2 fully saturated rings. The third kappa shape index (κ3) is 6.67. The minimum absolute atomic E-state index is 0.253. The molecule has 0 spiro atoms. The number of Topliss-reactive ketones (excluding diaryl/α,β-unsaturated/α-hetero) is 2. The quantitative estimate of drug-likeness (QED) is 0.290. The molecule has 4 nitrogen and oxygen atoms in total. The van der Waals surface area contributed by atoms with E-state index in [-0.39, 0.29) is 11.6 Å². The van der Waals surface area contributed by atoms with Gasteiger partial charge in [-0.1, -0.05) is 36.7 Å². The molecule has 2 saturated heterocycles. The van der Waals surface area contributed by atoms with Gasteiger partial charge in [-0.25, -0.2) is 0 Å². The van der Waals surface area contributed by atoms with Gasteiger partial charge in [-0.3, -0.25) is 9.59 Å². The summed E-state index contributed by atoms with van der Waals surface area (Å²) in [6.45, 7) is 6.82. The first-order valence-electron chi connectivity index (χ1n) is 14.1. The summed E-state index contributed by atoms with van der Waals surface area (Å²) in [5.41, 5.74) is 4.09. The molecular formula is C31H40N2O2S. The number of carbonyl (C=O) groups excluding carboxylic acids is 2. The minimum atomic E-state index is 0.253. The van der Waals surface area contributed by atoms with Crippen LogP contribution in [0.3, 0.4) is 0 Å². The lowest BCUT2D eigenvalue weighted by atomic mass is 9.96. The number of ketones is 2. The molecular weight excluding hydrogens is 464 g/mol. The maximum absolute atomic E-state index is 12.9. The van der Waals surface area contributed by atoms with Crippen LogP contribution in [0.5, 0.6) is 0 Å². The van der Waals surface area contributed by atoms with Crippen LogP contribution in [0.15, 0.2) is 46.2 Å². The van der Waals surface area contributed by atoms with E-state index in [1.807, 2.05) is 12.1 Å². The summed E-state index contributed by atoms with van der Waals surface area (Å²) in [7, 11) is 0. The van der Waals surface area contributed by atoms with Crippen LogP contribution >= 0.6 is 11.8 Å². The molecule has 0 radical (unpaired) electrons. The molecule has 36 heavy (non-hydrogen) atoms. The van der Waals surface area contributed by atoms with Gasteiger partial charge in [0.15, 0.2) is 11.6 Å². The molecule has 2 aromatic carbocycles. The lowest BCUT2D eigenvalue weighted by Gasteiger charge is -2.26. The van der Waals surface area contributed by atoms with E-state index in [1.54, 1.807) is 11.8 Å². The third-order valence-electron chi connectivity index (χ3n) is 8.02. The van der Waals surface area contributed by atoms with Gasteiger partial charge < -0.3 is 9.80 Å². The zero-order chi connectivity index (χ0) is 24.7. The van der Waals surface area contributed by atoms with Crippen LogP contribution in [0.1, 0.15) is 96.1 Å². The summed E-state index contributed by atoms with van der Waals surface area (Å²) in [6, 6.07) is 12.4. The van der Waals surface area contributed by atoms with Gasteiger partial charge in [0.05, 0.1) is 0 Å². The fraction of sp³-hybridized carbons (Fsp3) is 0.548. The van der Waals surface area contributed by atoms with Crippen LogP contribution in [-0.2, 0) is 6.42 Å². The van der Waals surface area contributed by atoms with E-state index >= 15 is 0 Å². The van der Waals surface area contributed by atoms with Gasteiger partial charge in [0.2, 0.25) is 0 Å². The number of hydrogen-bond donors (Lipinski definition) is 0. The van der Waals surface area contributed by atoms with Gasteiger partial charge in [0, 0.05) is 33.8 Å². The first-order chi connectivity index (χ1) is 17.7. The van der Waals surface area contributed by atoms with Gasteiger partial charge >= 0.3 is 0 Å². The monoisotopic (exact) mass is 504 g/mol. The maximum atomic E-state index is 12.9. The molecule has 3 aliphatic rings. The zero-order valence-corrected chi connectivity index (χ0v) is 22.4. The number of carbonyl (C=O) groups is 2. The van der Waals surface area contributed by atoms with Crippen molar-refractivity contribution in [1.82, 2.24) is 9.80 Å². The Hall–Kier alpha value is -1.95. The molecule has 0 N–H and O–H groups in total. The molecule has 5 rings (SSSR count). The molecule has 0 atom stereocenters. The van der Waals surface area contributed by atoms with Crippen molar-refractivity contribution in [3.63, 3.8) is 0 Å². The number of rotatable bonds is 10. The Morgan fingerprint density at radius 1 is 0.639 bits per heavy atom. The highest BCUT2D eigenvalue weighted by Crippen LogP contribution is 2.40. The molecule has 3 aliphatic heterocycles. The van der Waals surface area contributed by atoms with Gasteiger partial charge in [0.25, 0.3) is 0 Å². The molecule has 0 unspecified atom stereocenters. The third-order valence-corrected chi connectivity index (χ3v) is 9.26. The van der Waals surface area contributed by atoms with Crippen molar-refractivity contribution < 1.29 is 9.59 Å². The predicted octanol–water partition coefficient (Wildman–Crippen LogP) is 6.64. The number of benzene rings is 2. The lowest BCUT2D eigenvalue weighted by Crippen LogP contribution is -2.30. The van der Waals surface area contributed by atoms with Gasteiger partial charge in [-0.05, 0) is 120 Å². The highest BCUT2D eigenvalue weighted by Gasteiger charge is 2.20. The topological polar surface area (TPSA) is 40.6 Å². The first kappa shape index (κ1) is 25.7. The van der Waals surface area contributed by atoms with E-state index in [0.717, 1.165) is 43.5 Å². The smallest absolute Gasteiger partial charge is 0.162 e. The van der Waals surface area contributed by atoms with Gasteiger partial charge in [-0.15, -0.1) is 0 Å². The second-order valence-electron chi connectivity index (χ2n) is 10.8. The van der Waals surface area contributed by atoms with Crippen LogP contribution in [-0.4, -0.2) is 60.6 Å². The molecule has 0 aromatic heterocycles. The lowest BCUT2D eigenvalue weighted by molar-refractivity contribution is 0.0965. The Balaban J connectivity index is 1.16. The number of fused-ring (bicyclic) bond motifs is 2. The van der Waals surface area contributed by atoms with Crippen LogP contribution in [0.2, 0.25) is 0 Å². The van der Waals surface area contributed by atoms with Crippen LogP contribution in [0, 0.1) is 0 Å². The normalized spacial score (nSPS) is 18.4. The van der Waals surface area contributed by atoms with E-state index in [1.165, 1.54) is 85.6 Å². The first-order valence-corrected chi connectivity index (χ1v) is 14.9. The number of hydrogen-bond acceptors (Lipinski definition) is 5. The molecule has 192 valence electrons. The van der Waals surface area contributed by atoms with Crippen LogP contribution in [0.25, 0.3) is 0 Å². The van der Waals surface area contributed by atoms with Crippen molar-refractivity contribution in [3.8, 4) is 0 Å². The summed E-state index contributed by atoms with van der Waals surface area (Å²) >= 11 is 1.76. The van der Waals surface area contributed by atoms with Crippen molar-refractivity contribution in [2.75, 3.05) is 39.3 Å². The minimum Gasteiger partial charge on any atom is -0.303 e. The largest absolute Gasteiger partial charge is 0.303 e. The van der Waals surface area contributed by atoms with Gasteiger partial charge in [0.1, 0.15) is 0 Å². The Labute approximate surface area is 220 Å². The highest BCUT2D eigenvalue weighted by molar-refractivity contribution is 7.99. The van der Waals surface area contributed by atoms with E-state index in [0.29, 0.717) is 12.8 Å². The summed E-state index contributed by atoms with van der Waals surface area (Å²) in [4.78, 5) is 33.3. The standard InChI is InChI=1S/C31H40N2O2S/c34-28(9-7-19-32-15-3-1-4-16-32)24-11-13-30-26(21-24)23-27-22-25(12-14-31(27)36-30)29(35)10-8-20-33-17-5-2-6-18-33/h11-14,21-22H,1-10,15-20,23H2. The van der Waals surface area contributed by atoms with E-state index in [9.17, 15) is 9.59 Å². The van der Waals surface area contributed by atoms with Gasteiger partial charge in [-0.2, -0.15) is 0 Å². The maximum Gasteiger partial charge on any atom is 0.162 e. The number of piperidine rings is 2. The molecule has 5 heteroatoms. The second kappa shape index (κ2) is 12.5. The molecule has 2 aromatic rings. The van der Waals surface area contributed by atoms with E-state index in [4.69, 9.17) is 0 Å². The molecule has 3 heterocycles. The summed E-state index contributed by atoms with van der Waals surface area (Å²) < 4.78 is 0. The highest BCUT2D eigenvalue weighted by atomic mass is 32.2. The van der Waals surface area contributed by atoms with Crippen LogP contribution < -0.4 is 0 Å². The van der Waals surface area contributed by atoms with Crippen molar-refractivity contribution >= 4 is 23.3 Å². The number of likely N-dealkylation sites (tertiary alicyclic amines) is 2. The second-order valence-corrected chi connectivity index (χ2v) is 11.9. The summed E-state index contributed by atoms with van der Waals surface area (Å²) in [6.07, 6.45) is 11.8. The zero-order valence-electron chi connectivity index (χ0n) is 21.6. The predicted molar refractivity (Wildman–Crippen MR) is 148 cm³/mol. The fourth-order valence-electron chi connectivity index (χ4n) is 5.89. The Bertz CT molecular complexity index is 987. The summed E-state index contributed by atoms with van der Waals surface area (Å²) in [5, 5.41) is 0. The van der Waals surface area contributed by atoms with Crippen molar-refractivity contribution in [1.29, 1.82) is 0 Å². The fourth-order valence-corrected chi connectivity index (χ4v) is 6.92. The Morgan fingerprint density at radius 2 is 1.08 bits per heavy atom. The SMILES string of the molecule is O=C(CCCN1CCCCC1)c1ccc2c(c1)Cc1cc(C(=O)CCCN3CCCCC3)ccc1S2.